The minimum atomic E-state index is -0.269. The zero-order valence-electron chi connectivity index (χ0n) is 14.1. The maximum atomic E-state index is 13.9. The minimum Gasteiger partial charge on any atom is -0.497 e. The average molecular weight is 408 g/mol. The van der Waals surface area contributed by atoms with Gasteiger partial charge in [-0.15, -0.1) is 0 Å². The predicted molar refractivity (Wildman–Crippen MR) is 97.0 cm³/mol. The molecule has 25 heavy (non-hydrogen) atoms. The molecule has 0 aliphatic carbocycles. The molecule has 1 aliphatic heterocycles. The van der Waals surface area contributed by atoms with E-state index in [4.69, 9.17) is 9.47 Å². The van der Waals surface area contributed by atoms with Gasteiger partial charge in [0.25, 0.3) is 5.91 Å². The van der Waals surface area contributed by atoms with Crippen molar-refractivity contribution in [1.29, 1.82) is 0 Å². The Hall–Kier alpha value is -2.08. The molecular weight excluding hydrogens is 389 g/mol. The third-order valence-electron chi connectivity index (χ3n) is 4.37. The number of alkyl halides is 1. The number of hydrogen-bond acceptors (Lipinski definition) is 3. The molecule has 1 amide bonds. The number of methoxy groups -OCH3 is 2. The zero-order chi connectivity index (χ0) is 18.0. The molecule has 6 heteroatoms. The quantitative estimate of drug-likeness (QED) is 0.704. The molecule has 132 valence electrons. The van der Waals surface area contributed by atoms with Gasteiger partial charge >= 0.3 is 0 Å². The predicted octanol–water partition coefficient (Wildman–Crippen LogP) is 3.94. The summed E-state index contributed by atoms with van der Waals surface area (Å²) in [6.45, 7) is 1.01. The fourth-order valence-electron chi connectivity index (χ4n) is 3.02. The Kier molecular flexibility index (Phi) is 5.27. The molecule has 2 aromatic carbocycles. The number of amides is 1. The smallest absolute Gasteiger partial charge is 0.254 e. The Morgan fingerprint density at radius 2 is 1.80 bits per heavy atom. The maximum Gasteiger partial charge on any atom is 0.254 e. The average Bonchev–Trinajstić information content (AvgIpc) is 2.63. The van der Waals surface area contributed by atoms with Crippen LogP contribution in [0.1, 0.15) is 27.0 Å². The van der Waals surface area contributed by atoms with Crippen molar-refractivity contribution in [3.63, 3.8) is 0 Å². The van der Waals surface area contributed by atoms with Crippen molar-refractivity contribution < 1.29 is 18.7 Å². The molecule has 0 bridgehead atoms. The van der Waals surface area contributed by atoms with E-state index >= 15 is 0 Å². The lowest BCUT2D eigenvalue weighted by molar-refractivity contribution is 0.0726. The molecule has 1 heterocycles. The van der Waals surface area contributed by atoms with E-state index in [1.165, 1.54) is 6.07 Å². The van der Waals surface area contributed by atoms with Crippen molar-refractivity contribution in [2.45, 2.75) is 18.3 Å². The number of ether oxygens (including phenoxy) is 2. The fourth-order valence-corrected chi connectivity index (χ4v) is 3.45. The van der Waals surface area contributed by atoms with Gasteiger partial charge in [-0.2, -0.15) is 0 Å². The number of halogens is 2. The molecular formula is C19H19BrFNO3. The summed E-state index contributed by atoms with van der Waals surface area (Å²) in [5.41, 5.74) is 2.77. The zero-order valence-corrected chi connectivity index (χ0v) is 15.7. The number of nitrogens with zero attached hydrogens (tertiary/aromatic N) is 1. The number of carbonyl (C=O) groups is 1. The normalized spacial score (nSPS) is 13.6. The van der Waals surface area contributed by atoms with Crippen molar-refractivity contribution in [3.05, 3.63) is 58.4 Å². The second-order valence-corrected chi connectivity index (χ2v) is 6.49. The third-order valence-corrected chi connectivity index (χ3v) is 4.97. The summed E-state index contributed by atoms with van der Waals surface area (Å²) in [6, 6.07) is 8.71. The van der Waals surface area contributed by atoms with Crippen molar-refractivity contribution in [2.24, 2.45) is 0 Å². The molecule has 0 saturated heterocycles. The van der Waals surface area contributed by atoms with E-state index in [2.05, 4.69) is 15.9 Å². The number of benzene rings is 2. The standard InChI is InChI=1S/C19H19BrFNO3/c1-24-15-5-12(6-16(9-15)25-2)11-22-4-3-13-8-18(21)14(10-20)7-17(13)19(22)23/h5-9H,3-4,10-11H2,1-2H3. The summed E-state index contributed by atoms with van der Waals surface area (Å²) < 4.78 is 24.5. The summed E-state index contributed by atoms with van der Waals surface area (Å²) >= 11 is 3.26. The first-order chi connectivity index (χ1) is 12.0. The summed E-state index contributed by atoms with van der Waals surface area (Å²) in [4.78, 5) is 14.6. The highest BCUT2D eigenvalue weighted by Crippen LogP contribution is 2.27. The Labute approximate surface area is 154 Å². The van der Waals surface area contributed by atoms with Crippen LogP contribution in [0.15, 0.2) is 30.3 Å². The van der Waals surface area contributed by atoms with Crippen LogP contribution in [0, 0.1) is 5.82 Å². The Morgan fingerprint density at radius 1 is 1.12 bits per heavy atom. The van der Waals surface area contributed by atoms with Crippen LogP contribution in [0.3, 0.4) is 0 Å². The topological polar surface area (TPSA) is 38.8 Å². The van der Waals surface area contributed by atoms with Gasteiger partial charge in [0.15, 0.2) is 0 Å². The fraction of sp³-hybridized carbons (Fsp3) is 0.316. The van der Waals surface area contributed by atoms with Crippen molar-refractivity contribution in [3.8, 4) is 11.5 Å². The highest BCUT2D eigenvalue weighted by Gasteiger charge is 2.26. The molecule has 0 spiro atoms. The first kappa shape index (κ1) is 17.7. The van der Waals surface area contributed by atoms with Crippen molar-refractivity contribution in [2.75, 3.05) is 20.8 Å². The summed E-state index contributed by atoms with van der Waals surface area (Å²) in [5.74, 6) is 1.02. The van der Waals surface area contributed by atoms with Crippen LogP contribution in [0.4, 0.5) is 4.39 Å². The van der Waals surface area contributed by atoms with E-state index in [1.54, 1.807) is 31.3 Å². The number of carbonyl (C=O) groups excluding carboxylic acids is 1. The van der Waals surface area contributed by atoms with E-state index in [-0.39, 0.29) is 11.7 Å². The Balaban J connectivity index is 1.87. The largest absolute Gasteiger partial charge is 0.497 e. The van der Waals surface area contributed by atoms with Gasteiger partial charge in [0.2, 0.25) is 0 Å². The molecule has 4 nitrogen and oxygen atoms in total. The van der Waals surface area contributed by atoms with E-state index in [1.807, 2.05) is 12.1 Å². The van der Waals surface area contributed by atoms with Crippen LogP contribution in [-0.4, -0.2) is 31.6 Å². The van der Waals surface area contributed by atoms with Gasteiger partial charge in [0.1, 0.15) is 17.3 Å². The number of fused-ring (bicyclic) bond motifs is 1. The van der Waals surface area contributed by atoms with Crippen LogP contribution >= 0.6 is 15.9 Å². The molecule has 3 rings (SSSR count). The third kappa shape index (κ3) is 3.63. The van der Waals surface area contributed by atoms with Gasteiger partial charge in [-0.1, -0.05) is 15.9 Å². The maximum absolute atomic E-state index is 13.9. The van der Waals surface area contributed by atoms with Gasteiger partial charge in [0.05, 0.1) is 14.2 Å². The number of hydrogen-bond donors (Lipinski definition) is 0. The molecule has 0 N–H and O–H groups in total. The van der Waals surface area contributed by atoms with Crippen LogP contribution in [0.5, 0.6) is 11.5 Å². The molecule has 0 unspecified atom stereocenters. The second-order valence-electron chi connectivity index (χ2n) is 5.93. The van der Waals surface area contributed by atoms with Crippen molar-refractivity contribution in [1.82, 2.24) is 4.90 Å². The lowest BCUT2D eigenvalue weighted by atomic mass is 9.96. The van der Waals surface area contributed by atoms with Crippen LogP contribution in [0.2, 0.25) is 0 Å². The first-order valence-corrected chi connectivity index (χ1v) is 9.06. The van der Waals surface area contributed by atoms with E-state index in [0.717, 1.165) is 11.1 Å². The Bertz CT molecular complexity index is 787. The lowest BCUT2D eigenvalue weighted by Crippen LogP contribution is -2.37. The van der Waals surface area contributed by atoms with Crippen LogP contribution in [-0.2, 0) is 18.3 Å². The van der Waals surface area contributed by atoms with Gasteiger partial charge in [-0.05, 0) is 47.4 Å². The highest BCUT2D eigenvalue weighted by atomic mass is 79.9. The minimum absolute atomic E-state index is 0.0785. The van der Waals surface area contributed by atoms with Crippen LogP contribution < -0.4 is 9.47 Å². The summed E-state index contributed by atoms with van der Waals surface area (Å²) in [6.07, 6.45) is 0.641. The van der Waals surface area contributed by atoms with E-state index in [0.29, 0.717) is 47.5 Å². The molecule has 0 saturated carbocycles. The summed E-state index contributed by atoms with van der Waals surface area (Å²) in [5, 5.41) is 0.381. The Morgan fingerprint density at radius 3 is 2.40 bits per heavy atom. The second kappa shape index (κ2) is 7.44. The molecule has 0 atom stereocenters. The lowest BCUT2D eigenvalue weighted by Gasteiger charge is -2.29. The SMILES string of the molecule is COc1cc(CN2CCc3cc(F)c(CBr)cc3C2=O)cc(OC)c1. The van der Waals surface area contributed by atoms with E-state index in [9.17, 15) is 9.18 Å². The molecule has 1 aliphatic rings. The highest BCUT2D eigenvalue weighted by molar-refractivity contribution is 9.08. The summed E-state index contributed by atoms with van der Waals surface area (Å²) in [7, 11) is 3.19. The van der Waals surface area contributed by atoms with Gasteiger partial charge in [-0.25, -0.2) is 4.39 Å². The molecule has 2 aromatic rings. The van der Waals surface area contributed by atoms with Gasteiger partial charge < -0.3 is 14.4 Å². The molecule has 0 radical (unpaired) electrons. The first-order valence-electron chi connectivity index (χ1n) is 7.94. The van der Waals surface area contributed by atoms with Gasteiger partial charge in [-0.3, -0.25) is 4.79 Å². The number of rotatable bonds is 5. The van der Waals surface area contributed by atoms with Crippen LogP contribution in [0.25, 0.3) is 0 Å². The molecule has 0 aromatic heterocycles. The van der Waals surface area contributed by atoms with E-state index < -0.39 is 0 Å². The monoisotopic (exact) mass is 407 g/mol. The van der Waals surface area contributed by atoms with Crippen molar-refractivity contribution >= 4 is 21.8 Å². The van der Waals surface area contributed by atoms with Gasteiger partial charge in [0, 0.05) is 30.0 Å². The molecule has 0 fully saturated rings.